The first kappa shape index (κ1) is 19.9. The van der Waals surface area contributed by atoms with Gasteiger partial charge in [-0.2, -0.15) is 0 Å². The van der Waals surface area contributed by atoms with Gasteiger partial charge in [0.05, 0.1) is 14.2 Å². The Morgan fingerprint density at radius 3 is 2.42 bits per heavy atom. The summed E-state index contributed by atoms with van der Waals surface area (Å²) < 4.78 is 10.7. The summed E-state index contributed by atoms with van der Waals surface area (Å²) >= 11 is 0. The number of aryl methyl sites for hydroxylation is 1. The maximum atomic E-state index is 12.6. The lowest BCUT2D eigenvalue weighted by Gasteiger charge is -2.29. The minimum absolute atomic E-state index is 0. The number of nitrogens with zero attached hydrogens (tertiary/aromatic N) is 1. The van der Waals surface area contributed by atoms with Gasteiger partial charge in [0.2, 0.25) is 5.91 Å². The highest BCUT2D eigenvalue weighted by Gasteiger charge is 2.22. The zero-order chi connectivity index (χ0) is 17.8. The monoisotopic (exact) mass is 376 g/mol. The fraction of sp³-hybridized carbons (Fsp3) is 0.350. The number of halogens is 1. The van der Waals surface area contributed by atoms with Crippen molar-refractivity contribution in [2.75, 3.05) is 26.5 Å². The zero-order valence-corrected chi connectivity index (χ0v) is 16.0. The van der Waals surface area contributed by atoms with E-state index in [1.54, 1.807) is 14.2 Å². The summed E-state index contributed by atoms with van der Waals surface area (Å²) in [7, 11) is 3.26. The highest BCUT2D eigenvalue weighted by molar-refractivity contribution is 5.85. The number of nitrogens with two attached hydrogens (primary N) is 1. The second-order valence-electron chi connectivity index (χ2n) is 6.24. The molecule has 0 saturated carbocycles. The molecular formula is C20H25ClN2O3. The van der Waals surface area contributed by atoms with Gasteiger partial charge in [-0.1, -0.05) is 18.2 Å². The van der Waals surface area contributed by atoms with Crippen LogP contribution in [0.25, 0.3) is 0 Å². The molecule has 3 rings (SSSR count). The molecule has 0 saturated heterocycles. The van der Waals surface area contributed by atoms with E-state index in [0.29, 0.717) is 25.1 Å². The molecule has 26 heavy (non-hydrogen) atoms. The second kappa shape index (κ2) is 8.81. The van der Waals surface area contributed by atoms with Gasteiger partial charge in [0.15, 0.2) is 11.5 Å². The van der Waals surface area contributed by atoms with E-state index in [4.69, 9.17) is 15.2 Å². The van der Waals surface area contributed by atoms with Crippen LogP contribution >= 0.6 is 12.4 Å². The number of carbonyl (C=O) groups is 1. The molecule has 0 atom stereocenters. The number of fused-ring (bicyclic) bond motifs is 1. The Morgan fingerprint density at radius 1 is 1.12 bits per heavy atom. The largest absolute Gasteiger partial charge is 0.493 e. The van der Waals surface area contributed by atoms with Crippen molar-refractivity contribution in [3.63, 3.8) is 0 Å². The fourth-order valence-corrected chi connectivity index (χ4v) is 3.26. The summed E-state index contributed by atoms with van der Waals surface area (Å²) in [4.78, 5) is 14.5. The molecule has 0 aliphatic carbocycles. The molecule has 0 spiro atoms. The predicted octanol–water partition coefficient (Wildman–Crippen LogP) is 3.23. The van der Waals surface area contributed by atoms with Gasteiger partial charge in [-0.05, 0) is 47.7 Å². The molecule has 1 amide bonds. The molecule has 0 aromatic heterocycles. The van der Waals surface area contributed by atoms with E-state index in [1.807, 2.05) is 41.3 Å². The zero-order valence-electron chi connectivity index (χ0n) is 15.2. The number of para-hydroxylation sites is 1. The average molecular weight is 377 g/mol. The number of nitrogen functional groups attached to an aromatic ring is 1. The van der Waals surface area contributed by atoms with E-state index in [9.17, 15) is 4.79 Å². The molecule has 0 fully saturated rings. The molecule has 2 aromatic rings. The van der Waals surface area contributed by atoms with Crippen LogP contribution in [0.2, 0.25) is 0 Å². The van der Waals surface area contributed by atoms with E-state index < -0.39 is 0 Å². The van der Waals surface area contributed by atoms with Crippen molar-refractivity contribution in [2.24, 2.45) is 0 Å². The van der Waals surface area contributed by atoms with Crippen molar-refractivity contribution < 1.29 is 14.3 Å². The summed E-state index contributed by atoms with van der Waals surface area (Å²) in [6.07, 6.45) is 1.96. The smallest absolute Gasteiger partial charge is 0.223 e. The quantitative estimate of drug-likeness (QED) is 0.814. The van der Waals surface area contributed by atoms with Gasteiger partial charge in [-0.3, -0.25) is 4.79 Å². The van der Waals surface area contributed by atoms with E-state index in [1.165, 1.54) is 5.56 Å². The lowest BCUT2D eigenvalue weighted by atomic mass is 9.98. The molecule has 2 N–H and O–H groups in total. The maximum absolute atomic E-state index is 12.6. The summed E-state index contributed by atoms with van der Waals surface area (Å²) in [6.45, 7) is 1.34. The second-order valence-corrected chi connectivity index (χ2v) is 6.24. The van der Waals surface area contributed by atoms with Crippen LogP contribution in [-0.2, 0) is 24.2 Å². The molecule has 0 radical (unpaired) electrons. The Labute approximate surface area is 160 Å². The number of methoxy groups -OCH3 is 2. The number of carbonyl (C=O) groups excluding carboxylic acids is 1. The van der Waals surface area contributed by atoms with Crippen molar-refractivity contribution in [1.29, 1.82) is 0 Å². The third-order valence-electron chi connectivity index (χ3n) is 4.73. The van der Waals surface area contributed by atoms with Gasteiger partial charge in [0.25, 0.3) is 0 Å². The van der Waals surface area contributed by atoms with Crippen LogP contribution in [-0.4, -0.2) is 31.6 Å². The van der Waals surface area contributed by atoms with Gasteiger partial charge in [0.1, 0.15) is 0 Å². The third kappa shape index (κ3) is 4.22. The molecule has 2 aromatic carbocycles. The fourth-order valence-electron chi connectivity index (χ4n) is 3.26. The van der Waals surface area contributed by atoms with Gasteiger partial charge >= 0.3 is 0 Å². The minimum Gasteiger partial charge on any atom is -0.493 e. The highest BCUT2D eigenvalue weighted by atomic mass is 35.5. The van der Waals surface area contributed by atoms with Gasteiger partial charge in [-0.25, -0.2) is 0 Å². The Bertz CT molecular complexity index is 780. The standard InChI is InChI=1S/C20H24N2O3.ClH/c1-24-18-11-15-9-10-22(13-16(15)12-19(18)25-2)20(23)8-7-14-5-3-4-6-17(14)21;/h3-6,11-12H,7-10,13,21H2,1-2H3;1H. The van der Waals surface area contributed by atoms with Gasteiger partial charge in [0, 0.05) is 25.2 Å². The van der Waals surface area contributed by atoms with E-state index in [0.717, 1.165) is 35.5 Å². The van der Waals surface area contributed by atoms with E-state index in [2.05, 4.69) is 0 Å². The van der Waals surface area contributed by atoms with Crippen molar-refractivity contribution >= 4 is 24.0 Å². The first-order valence-corrected chi connectivity index (χ1v) is 8.47. The lowest BCUT2D eigenvalue weighted by Crippen LogP contribution is -2.36. The Balaban J connectivity index is 0.00000243. The first-order valence-electron chi connectivity index (χ1n) is 8.47. The predicted molar refractivity (Wildman–Crippen MR) is 105 cm³/mol. The molecule has 0 bridgehead atoms. The normalized spacial score (nSPS) is 12.8. The number of anilines is 1. The molecule has 1 aliphatic rings. The Morgan fingerprint density at radius 2 is 1.77 bits per heavy atom. The minimum atomic E-state index is 0. The summed E-state index contributed by atoms with van der Waals surface area (Å²) in [5.41, 5.74) is 10.1. The number of amides is 1. The van der Waals surface area contributed by atoms with Crippen LogP contribution in [0.1, 0.15) is 23.1 Å². The summed E-state index contributed by atoms with van der Waals surface area (Å²) in [6, 6.07) is 11.7. The van der Waals surface area contributed by atoms with Crippen LogP contribution in [0.5, 0.6) is 11.5 Å². The average Bonchev–Trinajstić information content (AvgIpc) is 2.65. The Kier molecular flexibility index (Phi) is 6.75. The molecule has 6 heteroatoms. The van der Waals surface area contributed by atoms with E-state index >= 15 is 0 Å². The van der Waals surface area contributed by atoms with Crippen molar-refractivity contribution in [1.82, 2.24) is 4.90 Å². The number of benzene rings is 2. The molecule has 140 valence electrons. The molecule has 1 heterocycles. The third-order valence-corrected chi connectivity index (χ3v) is 4.73. The highest BCUT2D eigenvalue weighted by Crippen LogP contribution is 2.33. The first-order chi connectivity index (χ1) is 12.1. The number of hydrogen-bond acceptors (Lipinski definition) is 4. The van der Waals surface area contributed by atoms with Crippen LogP contribution in [0, 0.1) is 0 Å². The van der Waals surface area contributed by atoms with Crippen LogP contribution in [0.3, 0.4) is 0 Å². The SMILES string of the molecule is COc1cc2c(cc1OC)CN(C(=O)CCc1ccccc1N)CC2.Cl. The van der Waals surface area contributed by atoms with Gasteiger partial charge < -0.3 is 20.1 Å². The number of ether oxygens (including phenoxy) is 2. The molecule has 5 nitrogen and oxygen atoms in total. The van der Waals surface area contributed by atoms with Crippen molar-refractivity contribution in [3.05, 3.63) is 53.1 Å². The topological polar surface area (TPSA) is 64.8 Å². The lowest BCUT2D eigenvalue weighted by molar-refractivity contribution is -0.132. The van der Waals surface area contributed by atoms with Crippen LogP contribution < -0.4 is 15.2 Å². The molecule has 0 unspecified atom stereocenters. The maximum Gasteiger partial charge on any atom is 0.223 e. The van der Waals surface area contributed by atoms with Crippen LogP contribution in [0.15, 0.2) is 36.4 Å². The van der Waals surface area contributed by atoms with Crippen molar-refractivity contribution in [2.45, 2.75) is 25.8 Å². The molecule has 1 aliphatic heterocycles. The number of rotatable bonds is 5. The van der Waals surface area contributed by atoms with E-state index in [-0.39, 0.29) is 18.3 Å². The summed E-state index contributed by atoms with van der Waals surface area (Å²) in [5.74, 6) is 1.59. The summed E-state index contributed by atoms with van der Waals surface area (Å²) in [5, 5.41) is 0. The molecular weight excluding hydrogens is 352 g/mol. The van der Waals surface area contributed by atoms with Crippen LogP contribution in [0.4, 0.5) is 5.69 Å². The van der Waals surface area contributed by atoms with Crippen molar-refractivity contribution in [3.8, 4) is 11.5 Å². The Hall–Kier alpha value is -2.40. The number of hydrogen-bond donors (Lipinski definition) is 1. The van der Waals surface area contributed by atoms with Gasteiger partial charge in [-0.15, -0.1) is 12.4 Å².